The van der Waals surface area contributed by atoms with Crippen LogP contribution in [0.4, 0.5) is 0 Å². The first-order valence-corrected chi connectivity index (χ1v) is 6.32. The zero-order valence-electron chi connectivity index (χ0n) is 11.0. The normalized spacial score (nSPS) is 10.4. The summed E-state index contributed by atoms with van der Waals surface area (Å²) in [5, 5.41) is 0.805. The Morgan fingerprint density at radius 2 is 1.70 bits per heavy atom. The lowest BCUT2D eigenvalue weighted by atomic mass is 10.0. The summed E-state index contributed by atoms with van der Waals surface area (Å²) in [4.78, 5) is 16.1. The average molecular weight is 263 g/mol. The molecule has 0 N–H and O–H groups in total. The lowest BCUT2D eigenvalue weighted by Gasteiger charge is -2.12. The molecule has 1 heterocycles. The fourth-order valence-corrected chi connectivity index (χ4v) is 2.34. The van der Waals surface area contributed by atoms with Crippen LogP contribution in [0.25, 0.3) is 22.2 Å². The van der Waals surface area contributed by atoms with Gasteiger partial charge in [0.05, 0.1) is 18.2 Å². The molecule has 98 valence electrons. The number of carbonyl (C=O) groups excluding carboxylic acids is 1. The molecular formula is C17H13NO2. The maximum absolute atomic E-state index is 11.5. The number of ether oxygens (including phenoxy) is 1. The number of hydrogen-bond donors (Lipinski definition) is 0. The van der Waals surface area contributed by atoms with Crippen LogP contribution in [0.2, 0.25) is 0 Å². The predicted molar refractivity (Wildman–Crippen MR) is 79.1 cm³/mol. The van der Waals surface area contributed by atoms with Crippen molar-refractivity contribution in [3.8, 4) is 17.0 Å². The highest BCUT2D eigenvalue weighted by molar-refractivity contribution is 6.02. The topological polar surface area (TPSA) is 39.2 Å². The number of carbonyl (C=O) groups is 1. The Morgan fingerprint density at radius 1 is 1.00 bits per heavy atom. The molecule has 0 unspecified atom stereocenters. The van der Waals surface area contributed by atoms with E-state index in [1.807, 2.05) is 54.6 Å². The molecule has 3 nitrogen and oxygen atoms in total. The Labute approximate surface area is 116 Å². The van der Waals surface area contributed by atoms with Crippen molar-refractivity contribution >= 4 is 17.2 Å². The molecule has 0 aliphatic heterocycles. The van der Waals surface area contributed by atoms with Crippen LogP contribution >= 0.6 is 0 Å². The van der Waals surface area contributed by atoms with Crippen LogP contribution in [-0.4, -0.2) is 18.4 Å². The minimum Gasteiger partial charge on any atom is -0.494 e. The molecule has 0 radical (unpaired) electrons. The number of pyridine rings is 1. The first-order chi connectivity index (χ1) is 9.85. The smallest absolute Gasteiger partial charge is 0.156 e. The van der Waals surface area contributed by atoms with Crippen molar-refractivity contribution in [2.24, 2.45) is 0 Å². The maximum atomic E-state index is 11.5. The predicted octanol–water partition coefficient (Wildman–Crippen LogP) is 3.72. The summed E-state index contributed by atoms with van der Waals surface area (Å²) < 4.78 is 5.44. The second-order valence-corrected chi connectivity index (χ2v) is 4.41. The van der Waals surface area contributed by atoms with Gasteiger partial charge in [-0.15, -0.1) is 0 Å². The van der Waals surface area contributed by atoms with Gasteiger partial charge in [0.25, 0.3) is 0 Å². The van der Waals surface area contributed by atoms with Crippen LogP contribution in [-0.2, 0) is 0 Å². The molecule has 0 saturated carbocycles. The third kappa shape index (κ3) is 1.93. The summed E-state index contributed by atoms with van der Waals surface area (Å²) in [6, 6.07) is 17.3. The number of para-hydroxylation sites is 1. The van der Waals surface area contributed by atoms with Gasteiger partial charge in [-0.1, -0.05) is 48.5 Å². The standard InChI is InChI=1S/C17H13NO2/c1-20-17-14(11-19)13-9-5-6-10-15(13)18-16(17)12-7-3-2-4-8-12/h2-11H,1H3. The molecular weight excluding hydrogens is 250 g/mol. The summed E-state index contributed by atoms with van der Waals surface area (Å²) >= 11 is 0. The first-order valence-electron chi connectivity index (χ1n) is 6.32. The van der Waals surface area contributed by atoms with Crippen LogP contribution in [0.15, 0.2) is 54.6 Å². The summed E-state index contributed by atoms with van der Waals surface area (Å²) in [5.41, 5.74) is 2.94. The fourth-order valence-electron chi connectivity index (χ4n) is 2.34. The summed E-state index contributed by atoms with van der Waals surface area (Å²) in [7, 11) is 1.56. The van der Waals surface area contributed by atoms with Crippen LogP contribution in [0.3, 0.4) is 0 Å². The van der Waals surface area contributed by atoms with Crippen LogP contribution in [0, 0.1) is 0 Å². The van der Waals surface area contributed by atoms with Gasteiger partial charge in [-0.2, -0.15) is 0 Å². The van der Waals surface area contributed by atoms with E-state index in [0.717, 1.165) is 22.8 Å². The van der Waals surface area contributed by atoms with Crippen LogP contribution < -0.4 is 4.74 Å². The van der Waals surface area contributed by atoms with E-state index in [2.05, 4.69) is 4.98 Å². The molecule has 2 aromatic carbocycles. The van der Waals surface area contributed by atoms with Crippen LogP contribution in [0.5, 0.6) is 5.75 Å². The van der Waals surface area contributed by atoms with E-state index >= 15 is 0 Å². The Hall–Kier alpha value is -2.68. The number of nitrogens with zero attached hydrogens (tertiary/aromatic N) is 1. The minimum atomic E-state index is 0.518. The van der Waals surface area contributed by atoms with E-state index in [9.17, 15) is 4.79 Å². The Balaban J connectivity index is 2.40. The molecule has 0 saturated heterocycles. The van der Waals surface area contributed by atoms with E-state index in [-0.39, 0.29) is 0 Å². The third-order valence-electron chi connectivity index (χ3n) is 3.26. The van der Waals surface area contributed by atoms with Gasteiger partial charge in [0, 0.05) is 10.9 Å². The number of aromatic nitrogens is 1. The van der Waals surface area contributed by atoms with E-state index in [4.69, 9.17) is 4.74 Å². The molecule has 20 heavy (non-hydrogen) atoms. The van der Waals surface area contributed by atoms with Crippen molar-refractivity contribution < 1.29 is 9.53 Å². The summed E-state index contributed by atoms with van der Waals surface area (Å²) in [5.74, 6) is 0.518. The highest BCUT2D eigenvalue weighted by atomic mass is 16.5. The number of methoxy groups -OCH3 is 1. The monoisotopic (exact) mass is 263 g/mol. The van der Waals surface area contributed by atoms with Crippen molar-refractivity contribution in [1.29, 1.82) is 0 Å². The lowest BCUT2D eigenvalue weighted by molar-refractivity contribution is 0.112. The molecule has 0 fully saturated rings. The second-order valence-electron chi connectivity index (χ2n) is 4.41. The highest BCUT2D eigenvalue weighted by Gasteiger charge is 2.16. The van der Waals surface area contributed by atoms with Gasteiger partial charge in [-0.25, -0.2) is 4.98 Å². The molecule has 0 aliphatic rings. The van der Waals surface area contributed by atoms with Gasteiger partial charge in [-0.3, -0.25) is 4.79 Å². The minimum absolute atomic E-state index is 0.518. The van der Waals surface area contributed by atoms with E-state index in [0.29, 0.717) is 17.0 Å². The molecule has 0 aliphatic carbocycles. The Morgan fingerprint density at radius 3 is 2.40 bits per heavy atom. The first kappa shape index (κ1) is 12.4. The quantitative estimate of drug-likeness (QED) is 0.676. The third-order valence-corrected chi connectivity index (χ3v) is 3.26. The van der Waals surface area contributed by atoms with Gasteiger partial charge in [0.15, 0.2) is 12.0 Å². The zero-order valence-corrected chi connectivity index (χ0v) is 11.0. The van der Waals surface area contributed by atoms with Gasteiger partial charge in [0.2, 0.25) is 0 Å². The number of fused-ring (bicyclic) bond motifs is 1. The lowest BCUT2D eigenvalue weighted by Crippen LogP contribution is -1.98. The number of benzene rings is 2. The SMILES string of the molecule is COc1c(-c2ccccc2)nc2ccccc2c1C=O. The molecule has 0 spiro atoms. The number of rotatable bonds is 3. The number of hydrogen-bond acceptors (Lipinski definition) is 3. The molecule has 0 atom stereocenters. The van der Waals surface area contributed by atoms with Crippen molar-refractivity contribution in [1.82, 2.24) is 4.98 Å². The number of aldehydes is 1. The highest BCUT2D eigenvalue weighted by Crippen LogP contribution is 2.34. The van der Waals surface area contributed by atoms with Gasteiger partial charge in [-0.05, 0) is 6.07 Å². The van der Waals surface area contributed by atoms with E-state index < -0.39 is 0 Å². The molecule has 1 aromatic heterocycles. The Kier molecular flexibility index (Phi) is 3.17. The fraction of sp³-hybridized carbons (Fsp3) is 0.0588. The van der Waals surface area contributed by atoms with Crippen LogP contribution in [0.1, 0.15) is 10.4 Å². The molecule has 0 bridgehead atoms. The Bertz CT molecular complexity index is 767. The van der Waals surface area contributed by atoms with Crippen molar-refractivity contribution in [2.45, 2.75) is 0 Å². The van der Waals surface area contributed by atoms with E-state index in [1.165, 1.54) is 0 Å². The largest absolute Gasteiger partial charge is 0.494 e. The average Bonchev–Trinajstić information content (AvgIpc) is 2.53. The molecule has 3 heteroatoms. The van der Waals surface area contributed by atoms with Crippen molar-refractivity contribution in [2.75, 3.05) is 7.11 Å². The second kappa shape index (κ2) is 5.13. The molecule has 3 rings (SSSR count). The van der Waals surface area contributed by atoms with Gasteiger partial charge < -0.3 is 4.74 Å². The van der Waals surface area contributed by atoms with Gasteiger partial charge in [0.1, 0.15) is 5.69 Å². The van der Waals surface area contributed by atoms with Gasteiger partial charge >= 0.3 is 0 Å². The van der Waals surface area contributed by atoms with E-state index in [1.54, 1.807) is 7.11 Å². The van der Waals surface area contributed by atoms with Crippen molar-refractivity contribution in [3.05, 3.63) is 60.2 Å². The van der Waals surface area contributed by atoms with Crippen molar-refractivity contribution in [3.63, 3.8) is 0 Å². The zero-order chi connectivity index (χ0) is 13.9. The molecule has 0 amide bonds. The maximum Gasteiger partial charge on any atom is 0.156 e. The summed E-state index contributed by atoms with van der Waals surface area (Å²) in [6.07, 6.45) is 0.829. The molecule has 3 aromatic rings. The summed E-state index contributed by atoms with van der Waals surface area (Å²) in [6.45, 7) is 0.